The molecule has 1 aliphatic heterocycles. The van der Waals surface area contributed by atoms with Gasteiger partial charge in [0, 0.05) is 58.2 Å². The van der Waals surface area contributed by atoms with Crippen molar-refractivity contribution in [3.8, 4) is 5.75 Å². The number of anilines is 2. The van der Waals surface area contributed by atoms with Gasteiger partial charge in [0.1, 0.15) is 11.6 Å². The SMILES string of the molecule is CN(C)c1ccc([C@H](CNC(=O)COc2ccc(F)cc2)N2CCN(c3ccccc3)CC2)cc1. The Morgan fingerprint density at radius 2 is 1.60 bits per heavy atom. The molecule has 184 valence electrons. The number of hydrogen-bond donors (Lipinski definition) is 1. The molecular formula is C28H33FN4O2. The second-order valence-electron chi connectivity index (χ2n) is 8.91. The maximum atomic E-state index is 13.1. The first kappa shape index (κ1) is 24.5. The van der Waals surface area contributed by atoms with Gasteiger partial charge in [0.05, 0.1) is 6.04 Å². The summed E-state index contributed by atoms with van der Waals surface area (Å²) in [7, 11) is 4.05. The molecule has 35 heavy (non-hydrogen) atoms. The van der Waals surface area contributed by atoms with Gasteiger partial charge in [0.25, 0.3) is 5.91 Å². The highest BCUT2D eigenvalue weighted by atomic mass is 19.1. The third-order valence-electron chi connectivity index (χ3n) is 6.35. The Bertz CT molecular complexity index is 1070. The van der Waals surface area contributed by atoms with E-state index in [0.717, 1.165) is 31.9 Å². The minimum Gasteiger partial charge on any atom is -0.484 e. The van der Waals surface area contributed by atoms with Crippen molar-refractivity contribution >= 4 is 17.3 Å². The van der Waals surface area contributed by atoms with Gasteiger partial charge in [-0.05, 0) is 54.1 Å². The van der Waals surface area contributed by atoms with Crippen LogP contribution in [0, 0.1) is 5.82 Å². The van der Waals surface area contributed by atoms with E-state index in [1.807, 2.05) is 20.2 Å². The predicted molar refractivity (Wildman–Crippen MR) is 139 cm³/mol. The minimum atomic E-state index is -0.336. The van der Waals surface area contributed by atoms with Crippen molar-refractivity contribution in [3.05, 3.63) is 90.2 Å². The number of halogens is 1. The van der Waals surface area contributed by atoms with Gasteiger partial charge < -0.3 is 19.9 Å². The van der Waals surface area contributed by atoms with Crippen LogP contribution in [0.1, 0.15) is 11.6 Å². The Morgan fingerprint density at radius 1 is 0.943 bits per heavy atom. The molecule has 3 aromatic rings. The van der Waals surface area contributed by atoms with Crippen LogP contribution in [0.3, 0.4) is 0 Å². The Labute approximate surface area is 206 Å². The number of para-hydroxylation sites is 1. The maximum Gasteiger partial charge on any atom is 0.258 e. The minimum absolute atomic E-state index is 0.0545. The zero-order valence-electron chi connectivity index (χ0n) is 20.4. The molecule has 4 rings (SSSR count). The van der Waals surface area contributed by atoms with Gasteiger partial charge in [-0.3, -0.25) is 9.69 Å². The molecule has 0 unspecified atom stereocenters. The molecule has 3 aromatic carbocycles. The van der Waals surface area contributed by atoms with Crippen LogP contribution in [0.25, 0.3) is 0 Å². The number of carbonyl (C=O) groups is 1. The van der Waals surface area contributed by atoms with Crippen LogP contribution < -0.4 is 19.9 Å². The molecule has 7 heteroatoms. The number of nitrogens with one attached hydrogen (secondary N) is 1. The molecule has 0 aromatic heterocycles. The largest absolute Gasteiger partial charge is 0.484 e. The van der Waals surface area contributed by atoms with Crippen molar-refractivity contribution in [1.82, 2.24) is 10.2 Å². The summed E-state index contributed by atoms with van der Waals surface area (Å²) >= 11 is 0. The average molecular weight is 477 g/mol. The highest BCUT2D eigenvalue weighted by Crippen LogP contribution is 2.25. The van der Waals surface area contributed by atoms with E-state index in [4.69, 9.17) is 4.74 Å². The second-order valence-corrected chi connectivity index (χ2v) is 8.91. The highest BCUT2D eigenvalue weighted by Gasteiger charge is 2.26. The molecule has 1 amide bonds. The lowest BCUT2D eigenvalue weighted by molar-refractivity contribution is -0.123. The molecule has 1 heterocycles. The molecule has 1 N–H and O–H groups in total. The van der Waals surface area contributed by atoms with Gasteiger partial charge in [-0.15, -0.1) is 0 Å². The van der Waals surface area contributed by atoms with Gasteiger partial charge in [-0.25, -0.2) is 4.39 Å². The smallest absolute Gasteiger partial charge is 0.258 e. The fourth-order valence-electron chi connectivity index (χ4n) is 4.32. The molecule has 1 fully saturated rings. The zero-order chi connectivity index (χ0) is 24.6. The maximum absolute atomic E-state index is 13.1. The molecule has 1 saturated heterocycles. The Kier molecular flexibility index (Phi) is 8.21. The van der Waals surface area contributed by atoms with Gasteiger partial charge in [-0.1, -0.05) is 30.3 Å². The molecular weight excluding hydrogens is 443 g/mol. The summed E-state index contributed by atoms with van der Waals surface area (Å²) in [6, 6.07) is 24.7. The van der Waals surface area contributed by atoms with Crippen LogP contribution in [-0.4, -0.2) is 64.2 Å². The monoisotopic (exact) mass is 476 g/mol. The molecule has 0 spiro atoms. The van der Waals surface area contributed by atoms with E-state index in [0.29, 0.717) is 12.3 Å². The fourth-order valence-corrected chi connectivity index (χ4v) is 4.32. The number of nitrogens with zero attached hydrogens (tertiary/aromatic N) is 3. The number of carbonyl (C=O) groups excluding carboxylic acids is 1. The van der Waals surface area contributed by atoms with Gasteiger partial charge >= 0.3 is 0 Å². The summed E-state index contributed by atoms with van der Waals surface area (Å²) in [4.78, 5) is 19.5. The second kappa shape index (κ2) is 11.7. The quantitative estimate of drug-likeness (QED) is 0.507. The number of hydrogen-bond acceptors (Lipinski definition) is 5. The van der Waals surface area contributed by atoms with Crippen molar-refractivity contribution in [3.63, 3.8) is 0 Å². The number of amides is 1. The standard InChI is InChI=1S/C28H33FN4O2/c1-31(2)24-12-8-22(9-13-24)27(20-30-28(34)21-35-26-14-10-23(29)11-15-26)33-18-16-32(17-19-33)25-6-4-3-5-7-25/h3-15,27H,16-21H2,1-2H3,(H,30,34)/t27-/m0/s1. The predicted octanol–water partition coefficient (Wildman–Crippen LogP) is 3.95. The summed E-state index contributed by atoms with van der Waals surface area (Å²) in [5.41, 5.74) is 3.55. The van der Waals surface area contributed by atoms with Gasteiger partial charge in [0.15, 0.2) is 6.61 Å². The Hall–Kier alpha value is -3.58. The van der Waals surface area contributed by atoms with Crippen molar-refractivity contribution in [2.75, 3.05) is 63.2 Å². The van der Waals surface area contributed by atoms with Crippen LogP contribution in [0.4, 0.5) is 15.8 Å². The summed E-state index contributed by atoms with van der Waals surface area (Å²) in [5, 5.41) is 3.04. The normalized spacial score (nSPS) is 14.9. The molecule has 0 bridgehead atoms. The first-order chi connectivity index (χ1) is 17.0. The Balaban J connectivity index is 1.39. The van der Waals surface area contributed by atoms with Crippen LogP contribution in [-0.2, 0) is 4.79 Å². The average Bonchev–Trinajstić information content (AvgIpc) is 2.89. The van der Waals surface area contributed by atoms with E-state index >= 15 is 0 Å². The third kappa shape index (κ3) is 6.73. The third-order valence-corrected chi connectivity index (χ3v) is 6.35. The number of ether oxygens (including phenoxy) is 1. The van der Waals surface area contributed by atoms with Crippen LogP contribution in [0.15, 0.2) is 78.9 Å². The fraction of sp³-hybridized carbons (Fsp3) is 0.321. The molecule has 0 saturated carbocycles. The summed E-state index contributed by atoms with van der Waals surface area (Å²) in [6.07, 6.45) is 0. The lowest BCUT2D eigenvalue weighted by Crippen LogP contribution is -2.50. The van der Waals surface area contributed by atoms with E-state index < -0.39 is 0 Å². The van der Waals surface area contributed by atoms with E-state index in [2.05, 4.69) is 68.5 Å². The lowest BCUT2D eigenvalue weighted by atomic mass is 10.0. The van der Waals surface area contributed by atoms with Crippen molar-refractivity contribution < 1.29 is 13.9 Å². The summed E-state index contributed by atoms with van der Waals surface area (Å²) < 4.78 is 18.6. The Morgan fingerprint density at radius 3 is 2.23 bits per heavy atom. The summed E-state index contributed by atoms with van der Waals surface area (Å²) in [5.74, 6) is -0.0705. The van der Waals surface area contributed by atoms with Gasteiger partial charge in [-0.2, -0.15) is 0 Å². The van der Waals surface area contributed by atoms with Crippen molar-refractivity contribution in [1.29, 1.82) is 0 Å². The number of rotatable bonds is 9. The number of benzene rings is 3. The molecule has 0 radical (unpaired) electrons. The summed E-state index contributed by atoms with van der Waals surface area (Å²) in [6.45, 7) is 4.03. The van der Waals surface area contributed by atoms with Gasteiger partial charge in [0.2, 0.25) is 0 Å². The van der Waals surface area contributed by atoms with E-state index in [-0.39, 0.29) is 24.4 Å². The van der Waals surface area contributed by atoms with Crippen LogP contribution in [0.2, 0.25) is 0 Å². The van der Waals surface area contributed by atoms with Crippen LogP contribution in [0.5, 0.6) is 5.75 Å². The molecule has 0 aliphatic carbocycles. The first-order valence-electron chi connectivity index (χ1n) is 12.0. The zero-order valence-corrected chi connectivity index (χ0v) is 20.4. The van der Waals surface area contributed by atoms with Crippen molar-refractivity contribution in [2.24, 2.45) is 0 Å². The molecule has 6 nitrogen and oxygen atoms in total. The van der Waals surface area contributed by atoms with Crippen molar-refractivity contribution in [2.45, 2.75) is 6.04 Å². The first-order valence-corrected chi connectivity index (χ1v) is 12.0. The highest BCUT2D eigenvalue weighted by molar-refractivity contribution is 5.77. The number of piperazine rings is 1. The topological polar surface area (TPSA) is 48.1 Å². The van der Waals surface area contributed by atoms with E-state index in [9.17, 15) is 9.18 Å². The molecule has 1 aliphatic rings. The molecule has 1 atom stereocenters. The van der Waals surface area contributed by atoms with E-state index in [1.165, 1.54) is 35.5 Å². The lowest BCUT2D eigenvalue weighted by Gasteiger charge is -2.40. The van der Waals surface area contributed by atoms with Crippen LogP contribution >= 0.6 is 0 Å². The van der Waals surface area contributed by atoms with E-state index in [1.54, 1.807) is 0 Å².